The summed E-state index contributed by atoms with van der Waals surface area (Å²) in [6.07, 6.45) is 6.85. The van der Waals surface area contributed by atoms with E-state index in [2.05, 4.69) is 36.2 Å². The van der Waals surface area contributed by atoms with Crippen LogP contribution in [-0.2, 0) is 0 Å². The van der Waals surface area contributed by atoms with E-state index >= 15 is 0 Å². The third-order valence-electron chi connectivity index (χ3n) is 2.99. The molecule has 0 spiro atoms. The fraction of sp³-hybridized carbons (Fsp3) is 0.857. The smallest absolute Gasteiger partial charge is 0.0706 e. The van der Waals surface area contributed by atoms with Gasteiger partial charge in [-0.2, -0.15) is 20.8 Å². The van der Waals surface area contributed by atoms with Crippen LogP contribution < -0.4 is 0 Å². The molecule has 4 heteroatoms. The van der Waals surface area contributed by atoms with Crippen molar-refractivity contribution in [3.05, 3.63) is 0 Å². The van der Waals surface area contributed by atoms with E-state index in [4.69, 9.17) is 10.5 Å². The zero-order chi connectivity index (χ0) is 13.6. The maximum absolute atomic E-state index is 8.50. The van der Waals surface area contributed by atoms with Crippen molar-refractivity contribution in [1.82, 2.24) is 0 Å². The Bertz CT molecular complexity index is 268. The molecule has 0 aliphatic heterocycles. The zero-order valence-corrected chi connectivity index (χ0v) is 11.6. The Labute approximate surface area is 111 Å². The van der Waals surface area contributed by atoms with Crippen LogP contribution in [0.1, 0.15) is 65.2 Å². The highest BCUT2D eigenvalue weighted by Crippen LogP contribution is 2.13. The SMILES string of the molecule is CCC(CCCC#N)/N=N/C(CC)CCCC#N. The lowest BCUT2D eigenvalue weighted by molar-refractivity contribution is 0.493. The van der Waals surface area contributed by atoms with Crippen molar-refractivity contribution in [2.45, 2.75) is 77.3 Å². The summed E-state index contributed by atoms with van der Waals surface area (Å²) in [6, 6.07) is 4.82. The van der Waals surface area contributed by atoms with Crippen LogP contribution in [0.15, 0.2) is 10.2 Å². The monoisotopic (exact) mass is 248 g/mol. The largest absolute Gasteiger partial charge is 0.198 e. The molecule has 2 unspecified atom stereocenters. The molecule has 0 aromatic carbocycles. The Morgan fingerprint density at radius 1 is 0.833 bits per heavy atom. The summed E-state index contributed by atoms with van der Waals surface area (Å²) in [4.78, 5) is 0. The van der Waals surface area contributed by atoms with Gasteiger partial charge in [-0.25, -0.2) is 0 Å². The van der Waals surface area contributed by atoms with E-state index in [-0.39, 0.29) is 12.1 Å². The molecule has 4 nitrogen and oxygen atoms in total. The topological polar surface area (TPSA) is 72.3 Å². The summed E-state index contributed by atoms with van der Waals surface area (Å²) in [5.74, 6) is 0. The minimum atomic E-state index is 0.253. The van der Waals surface area contributed by atoms with Crippen LogP contribution in [0, 0.1) is 22.7 Å². The molecule has 0 aliphatic carbocycles. The van der Waals surface area contributed by atoms with Crippen LogP contribution in [0.4, 0.5) is 0 Å². The second kappa shape index (κ2) is 12.0. The minimum absolute atomic E-state index is 0.253. The van der Waals surface area contributed by atoms with Gasteiger partial charge in [-0.3, -0.25) is 0 Å². The molecule has 0 heterocycles. The highest BCUT2D eigenvalue weighted by molar-refractivity contribution is 4.74. The molecular formula is C14H24N4. The van der Waals surface area contributed by atoms with Crippen LogP contribution in [0.3, 0.4) is 0 Å². The van der Waals surface area contributed by atoms with Gasteiger partial charge in [-0.15, -0.1) is 0 Å². The van der Waals surface area contributed by atoms with Crippen molar-refractivity contribution in [2.75, 3.05) is 0 Å². The van der Waals surface area contributed by atoms with E-state index in [1.165, 1.54) is 0 Å². The molecular weight excluding hydrogens is 224 g/mol. The number of unbranched alkanes of at least 4 members (excludes halogenated alkanes) is 2. The van der Waals surface area contributed by atoms with E-state index < -0.39 is 0 Å². The number of rotatable bonds is 10. The van der Waals surface area contributed by atoms with Gasteiger partial charge in [0.1, 0.15) is 0 Å². The average Bonchev–Trinajstić information content (AvgIpc) is 2.40. The number of hydrogen-bond acceptors (Lipinski definition) is 4. The van der Waals surface area contributed by atoms with E-state index in [1.807, 2.05) is 0 Å². The average molecular weight is 248 g/mol. The lowest BCUT2D eigenvalue weighted by Gasteiger charge is -2.10. The van der Waals surface area contributed by atoms with E-state index in [1.54, 1.807) is 0 Å². The van der Waals surface area contributed by atoms with Gasteiger partial charge in [-0.1, -0.05) is 13.8 Å². The molecule has 0 saturated heterocycles. The predicted molar refractivity (Wildman–Crippen MR) is 71.9 cm³/mol. The summed E-state index contributed by atoms with van der Waals surface area (Å²) in [7, 11) is 0. The number of nitrogens with zero attached hydrogens (tertiary/aromatic N) is 4. The van der Waals surface area contributed by atoms with Gasteiger partial charge >= 0.3 is 0 Å². The lowest BCUT2D eigenvalue weighted by atomic mass is 10.1. The Morgan fingerprint density at radius 2 is 1.22 bits per heavy atom. The minimum Gasteiger partial charge on any atom is -0.198 e. The molecule has 0 radical (unpaired) electrons. The van der Waals surface area contributed by atoms with Crippen molar-refractivity contribution in [2.24, 2.45) is 10.2 Å². The first kappa shape index (κ1) is 16.6. The van der Waals surface area contributed by atoms with Crippen molar-refractivity contribution in [1.29, 1.82) is 10.5 Å². The molecule has 2 atom stereocenters. The molecule has 0 amide bonds. The standard InChI is InChI=1S/C14H24N4/c1-3-13(9-5-7-11-15)17-18-14(4-2)10-6-8-12-16/h13-14H,3-10H2,1-2H3/b18-17+. The van der Waals surface area contributed by atoms with Gasteiger partial charge in [0.15, 0.2) is 0 Å². The first-order valence-electron chi connectivity index (χ1n) is 6.92. The first-order valence-corrected chi connectivity index (χ1v) is 6.92. The highest BCUT2D eigenvalue weighted by atomic mass is 15.1. The fourth-order valence-corrected chi connectivity index (χ4v) is 1.71. The van der Waals surface area contributed by atoms with Gasteiger partial charge in [0.25, 0.3) is 0 Å². The number of nitriles is 2. The highest BCUT2D eigenvalue weighted by Gasteiger charge is 2.07. The van der Waals surface area contributed by atoms with Crippen LogP contribution in [-0.4, -0.2) is 12.1 Å². The molecule has 0 saturated carbocycles. The summed E-state index contributed by atoms with van der Waals surface area (Å²) in [6.45, 7) is 4.21. The molecule has 0 aliphatic rings. The Hall–Kier alpha value is -1.42. The summed E-state index contributed by atoms with van der Waals surface area (Å²) in [5, 5.41) is 25.8. The molecule has 0 rings (SSSR count). The maximum atomic E-state index is 8.50. The molecule has 0 fully saturated rings. The van der Waals surface area contributed by atoms with Gasteiger partial charge in [0.05, 0.1) is 24.2 Å². The maximum Gasteiger partial charge on any atom is 0.0706 e. The van der Waals surface area contributed by atoms with Gasteiger partial charge in [0.2, 0.25) is 0 Å². The molecule has 0 aromatic rings. The number of hydrogen-bond donors (Lipinski definition) is 0. The van der Waals surface area contributed by atoms with Crippen LogP contribution >= 0.6 is 0 Å². The third-order valence-corrected chi connectivity index (χ3v) is 2.99. The van der Waals surface area contributed by atoms with Crippen molar-refractivity contribution < 1.29 is 0 Å². The Morgan fingerprint density at radius 3 is 1.50 bits per heavy atom. The van der Waals surface area contributed by atoms with Crippen molar-refractivity contribution in [3.63, 3.8) is 0 Å². The van der Waals surface area contributed by atoms with E-state index in [0.717, 1.165) is 38.5 Å². The Balaban J connectivity index is 4.03. The molecule has 0 aromatic heterocycles. The van der Waals surface area contributed by atoms with Crippen molar-refractivity contribution >= 4 is 0 Å². The fourth-order valence-electron chi connectivity index (χ4n) is 1.71. The normalized spacial score (nSPS) is 14.0. The van der Waals surface area contributed by atoms with Crippen LogP contribution in [0.25, 0.3) is 0 Å². The van der Waals surface area contributed by atoms with E-state index in [0.29, 0.717) is 12.8 Å². The zero-order valence-electron chi connectivity index (χ0n) is 11.6. The van der Waals surface area contributed by atoms with Gasteiger partial charge < -0.3 is 0 Å². The Kier molecular flexibility index (Phi) is 11.1. The molecule has 100 valence electrons. The quantitative estimate of drug-likeness (QED) is 0.425. The summed E-state index contributed by atoms with van der Waals surface area (Å²) in [5.41, 5.74) is 0. The van der Waals surface area contributed by atoms with Crippen molar-refractivity contribution in [3.8, 4) is 12.1 Å². The van der Waals surface area contributed by atoms with E-state index in [9.17, 15) is 0 Å². The summed E-state index contributed by atoms with van der Waals surface area (Å²) >= 11 is 0. The third kappa shape index (κ3) is 8.70. The second-order valence-corrected chi connectivity index (χ2v) is 4.46. The number of azo groups is 1. The molecule has 0 bridgehead atoms. The van der Waals surface area contributed by atoms with Crippen LogP contribution in [0.5, 0.6) is 0 Å². The van der Waals surface area contributed by atoms with Gasteiger partial charge in [-0.05, 0) is 38.5 Å². The first-order chi connectivity index (χ1) is 8.78. The van der Waals surface area contributed by atoms with Crippen LogP contribution in [0.2, 0.25) is 0 Å². The lowest BCUT2D eigenvalue weighted by Crippen LogP contribution is -2.06. The molecule has 18 heavy (non-hydrogen) atoms. The second-order valence-electron chi connectivity index (χ2n) is 4.46. The summed E-state index contributed by atoms with van der Waals surface area (Å²) < 4.78 is 0. The van der Waals surface area contributed by atoms with Gasteiger partial charge in [0, 0.05) is 12.8 Å². The predicted octanol–water partition coefficient (Wildman–Crippen LogP) is 4.38. The molecule has 0 N–H and O–H groups in total.